The minimum absolute atomic E-state index is 0.771. The molecule has 1 heterocycles. The van der Waals surface area contributed by atoms with Gasteiger partial charge >= 0.3 is 0 Å². The van der Waals surface area contributed by atoms with Crippen LogP contribution in [0.25, 0.3) is 0 Å². The summed E-state index contributed by atoms with van der Waals surface area (Å²) >= 11 is 3.49. The van der Waals surface area contributed by atoms with Gasteiger partial charge in [-0.3, -0.25) is 4.90 Å². The standard InChI is InChI=1S/C14H19BrN2/c15-13-5-1-11(2-6-13)10-17-8-7-16-9-14(17)12-3-4-12/h1-2,5-6,12,14,16H,3-4,7-10H2. The van der Waals surface area contributed by atoms with Crippen LogP contribution in [-0.2, 0) is 6.54 Å². The van der Waals surface area contributed by atoms with E-state index in [1.807, 2.05) is 0 Å². The summed E-state index contributed by atoms with van der Waals surface area (Å²) in [6.45, 7) is 4.62. The van der Waals surface area contributed by atoms with Crippen LogP contribution in [0, 0.1) is 5.92 Å². The summed E-state index contributed by atoms with van der Waals surface area (Å²) in [6.07, 6.45) is 2.87. The Bertz CT molecular complexity index is 372. The van der Waals surface area contributed by atoms with Crippen LogP contribution in [0.3, 0.4) is 0 Å². The van der Waals surface area contributed by atoms with Gasteiger partial charge in [-0.15, -0.1) is 0 Å². The summed E-state index contributed by atoms with van der Waals surface area (Å²) in [4.78, 5) is 2.66. The quantitative estimate of drug-likeness (QED) is 0.922. The first-order chi connectivity index (χ1) is 8.33. The van der Waals surface area contributed by atoms with Crippen molar-refractivity contribution in [3.63, 3.8) is 0 Å². The predicted octanol–water partition coefficient (Wildman–Crippen LogP) is 2.63. The van der Waals surface area contributed by atoms with Gasteiger partial charge in [-0.25, -0.2) is 0 Å². The van der Waals surface area contributed by atoms with Gasteiger partial charge in [-0.05, 0) is 36.5 Å². The van der Waals surface area contributed by atoms with E-state index in [0.717, 1.165) is 25.0 Å². The van der Waals surface area contributed by atoms with Crippen molar-refractivity contribution >= 4 is 15.9 Å². The smallest absolute Gasteiger partial charge is 0.0252 e. The number of nitrogens with one attached hydrogen (secondary N) is 1. The molecule has 1 aromatic rings. The first kappa shape index (κ1) is 11.7. The Kier molecular flexibility index (Phi) is 3.50. The second-order valence-corrected chi connectivity index (χ2v) is 6.12. The van der Waals surface area contributed by atoms with Crippen molar-refractivity contribution in [2.75, 3.05) is 19.6 Å². The molecule has 2 fully saturated rings. The number of rotatable bonds is 3. The zero-order valence-electron chi connectivity index (χ0n) is 10.0. The summed E-state index contributed by atoms with van der Waals surface area (Å²) in [5.41, 5.74) is 1.43. The molecule has 0 bridgehead atoms. The summed E-state index contributed by atoms with van der Waals surface area (Å²) in [5, 5.41) is 3.53. The number of halogens is 1. The van der Waals surface area contributed by atoms with Crippen molar-refractivity contribution in [1.29, 1.82) is 0 Å². The topological polar surface area (TPSA) is 15.3 Å². The van der Waals surface area contributed by atoms with E-state index in [1.165, 1.54) is 36.0 Å². The Morgan fingerprint density at radius 2 is 2.00 bits per heavy atom. The lowest BCUT2D eigenvalue weighted by atomic mass is 10.1. The Morgan fingerprint density at radius 3 is 2.71 bits per heavy atom. The van der Waals surface area contributed by atoms with Crippen molar-refractivity contribution < 1.29 is 0 Å². The lowest BCUT2D eigenvalue weighted by Crippen LogP contribution is -2.51. The molecule has 0 radical (unpaired) electrons. The van der Waals surface area contributed by atoms with Gasteiger partial charge in [0.2, 0.25) is 0 Å². The van der Waals surface area contributed by atoms with Crippen LogP contribution in [0.2, 0.25) is 0 Å². The molecular formula is C14H19BrN2. The number of hydrogen-bond donors (Lipinski definition) is 1. The van der Waals surface area contributed by atoms with E-state index in [-0.39, 0.29) is 0 Å². The Morgan fingerprint density at radius 1 is 1.24 bits per heavy atom. The van der Waals surface area contributed by atoms with Gasteiger partial charge in [-0.1, -0.05) is 28.1 Å². The zero-order chi connectivity index (χ0) is 11.7. The molecule has 0 aromatic heterocycles. The van der Waals surface area contributed by atoms with Gasteiger partial charge in [0.25, 0.3) is 0 Å². The fourth-order valence-electron chi connectivity index (χ4n) is 2.73. The lowest BCUT2D eigenvalue weighted by molar-refractivity contribution is 0.135. The molecule has 3 rings (SSSR count). The van der Waals surface area contributed by atoms with E-state index >= 15 is 0 Å². The summed E-state index contributed by atoms with van der Waals surface area (Å²) in [6, 6.07) is 9.52. The normalized spacial score (nSPS) is 26.1. The van der Waals surface area contributed by atoms with E-state index in [1.54, 1.807) is 0 Å². The zero-order valence-corrected chi connectivity index (χ0v) is 11.6. The maximum absolute atomic E-state index is 3.53. The fraction of sp³-hybridized carbons (Fsp3) is 0.571. The third kappa shape index (κ3) is 2.90. The molecule has 17 heavy (non-hydrogen) atoms. The first-order valence-corrected chi connectivity index (χ1v) is 7.31. The Labute approximate surface area is 112 Å². The van der Waals surface area contributed by atoms with E-state index in [4.69, 9.17) is 0 Å². The van der Waals surface area contributed by atoms with Gasteiger partial charge in [-0.2, -0.15) is 0 Å². The minimum Gasteiger partial charge on any atom is -0.314 e. The van der Waals surface area contributed by atoms with Crippen molar-refractivity contribution in [2.45, 2.75) is 25.4 Å². The molecule has 3 heteroatoms. The molecule has 2 aliphatic rings. The largest absolute Gasteiger partial charge is 0.314 e. The monoisotopic (exact) mass is 294 g/mol. The van der Waals surface area contributed by atoms with Crippen molar-refractivity contribution in [2.24, 2.45) is 5.92 Å². The first-order valence-electron chi connectivity index (χ1n) is 6.52. The van der Waals surface area contributed by atoms with Crippen LogP contribution in [-0.4, -0.2) is 30.6 Å². The highest BCUT2D eigenvalue weighted by molar-refractivity contribution is 9.10. The lowest BCUT2D eigenvalue weighted by Gasteiger charge is -2.36. The molecule has 0 spiro atoms. The third-order valence-corrected chi connectivity index (χ3v) is 4.39. The third-order valence-electron chi connectivity index (χ3n) is 3.86. The molecule has 1 saturated heterocycles. The van der Waals surface area contributed by atoms with E-state index in [9.17, 15) is 0 Å². The molecule has 1 atom stereocenters. The van der Waals surface area contributed by atoms with Gasteiger partial charge < -0.3 is 5.32 Å². The van der Waals surface area contributed by atoms with Gasteiger partial charge in [0, 0.05) is 36.7 Å². The molecule has 1 saturated carbocycles. The van der Waals surface area contributed by atoms with E-state index < -0.39 is 0 Å². The highest BCUT2D eigenvalue weighted by Gasteiger charge is 2.36. The van der Waals surface area contributed by atoms with E-state index in [2.05, 4.69) is 50.4 Å². The summed E-state index contributed by atoms with van der Waals surface area (Å²) < 4.78 is 1.17. The van der Waals surface area contributed by atoms with Crippen LogP contribution in [0.1, 0.15) is 18.4 Å². The fourth-order valence-corrected chi connectivity index (χ4v) is 3.00. The molecule has 92 valence electrons. The SMILES string of the molecule is Brc1ccc(CN2CCNCC2C2CC2)cc1. The van der Waals surface area contributed by atoms with Gasteiger partial charge in [0.1, 0.15) is 0 Å². The molecular weight excluding hydrogens is 276 g/mol. The number of piperazine rings is 1. The highest BCUT2D eigenvalue weighted by Crippen LogP contribution is 2.36. The van der Waals surface area contributed by atoms with Gasteiger partial charge in [0.05, 0.1) is 0 Å². The molecule has 1 aliphatic heterocycles. The van der Waals surface area contributed by atoms with Crippen LogP contribution in [0.4, 0.5) is 0 Å². The molecule has 2 nitrogen and oxygen atoms in total. The Balaban J connectivity index is 1.67. The minimum atomic E-state index is 0.771. The van der Waals surface area contributed by atoms with Crippen LogP contribution >= 0.6 is 15.9 Å². The number of nitrogens with zero attached hydrogens (tertiary/aromatic N) is 1. The van der Waals surface area contributed by atoms with Crippen molar-refractivity contribution in [1.82, 2.24) is 10.2 Å². The van der Waals surface area contributed by atoms with Crippen molar-refractivity contribution in [3.8, 4) is 0 Å². The van der Waals surface area contributed by atoms with Crippen LogP contribution in [0.15, 0.2) is 28.7 Å². The van der Waals surface area contributed by atoms with Crippen LogP contribution in [0.5, 0.6) is 0 Å². The number of hydrogen-bond acceptors (Lipinski definition) is 2. The molecule has 0 amide bonds. The van der Waals surface area contributed by atoms with Crippen LogP contribution < -0.4 is 5.32 Å². The van der Waals surface area contributed by atoms with Gasteiger partial charge in [0.15, 0.2) is 0 Å². The molecule has 1 aromatic carbocycles. The Hall–Kier alpha value is -0.380. The maximum Gasteiger partial charge on any atom is 0.0252 e. The maximum atomic E-state index is 3.53. The molecule has 1 aliphatic carbocycles. The second-order valence-electron chi connectivity index (χ2n) is 5.21. The second kappa shape index (κ2) is 5.09. The number of benzene rings is 1. The summed E-state index contributed by atoms with van der Waals surface area (Å²) in [5.74, 6) is 0.957. The molecule has 1 unspecified atom stereocenters. The summed E-state index contributed by atoms with van der Waals surface area (Å²) in [7, 11) is 0. The molecule has 1 N–H and O–H groups in total. The average Bonchev–Trinajstić information content (AvgIpc) is 3.17. The highest BCUT2D eigenvalue weighted by atomic mass is 79.9. The van der Waals surface area contributed by atoms with Crippen molar-refractivity contribution in [3.05, 3.63) is 34.3 Å². The predicted molar refractivity (Wildman–Crippen MR) is 73.9 cm³/mol. The van der Waals surface area contributed by atoms with E-state index in [0.29, 0.717) is 0 Å². The average molecular weight is 295 g/mol.